The summed E-state index contributed by atoms with van der Waals surface area (Å²) < 4.78 is 37.2. The fourth-order valence-electron chi connectivity index (χ4n) is 1.40. The fourth-order valence-corrected chi connectivity index (χ4v) is 1.63. The molecular weight excluding hydrogens is 269 g/mol. The Kier molecular flexibility index (Phi) is 3.03. The van der Waals surface area contributed by atoms with E-state index >= 15 is 0 Å². The van der Waals surface area contributed by atoms with Crippen molar-refractivity contribution in [3.8, 4) is 0 Å². The predicted molar refractivity (Wildman–Crippen MR) is 61.2 cm³/mol. The van der Waals surface area contributed by atoms with Gasteiger partial charge in [0, 0.05) is 0 Å². The van der Waals surface area contributed by atoms with Crippen molar-refractivity contribution in [2.45, 2.75) is 24.6 Å². The molecule has 0 bridgehead atoms. The maximum atomic E-state index is 12.4. The van der Waals surface area contributed by atoms with Gasteiger partial charge in [-0.05, 0) is 31.0 Å². The number of anilines is 1. The van der Waals surface area contributed by atoms with Crippen molar-refractivity contribution in [1.29, 1.82) is 0 Å². The highest BCUT2D eigenvalue weighted by atomic mass is 35.5. The Balaban J connectivity index is 2.18. The van der Waals surface area contributed by atoms with Crippen LogP contribution in [0.1, 0.15) is 18.4 Å². The van der Waals surface area contributed by atoms with Gasteiger partial charge in [-0.25, -0.2) is 0 Å². The van der Waals surface area contributed by atoms with Crippen LogP contribution in [0.2, 0.25) is 5.02 Å². The van der Waals surface area contributed by atoms with Gasteiger partial charge in [0.05, 0.1) is 21.8 Å². The molecule has 0 heterocycles. The molecular formula is C11H10ClF3N2O. The van der Waals surface area contributed by atoms with Gasteiger partial charge in [-0.1, -0.05) is 11.6 Å². The van der Waals surface area contributed by atoms with E-state index in [4.69, 9.17) is 17.3 Å². The number of amides is 1. The molecule has 3 nitrogen and oxygen atoms in total. The Morgan fingerprint density at radius 3 is 2.44 bits per heavy atom. The molecule has 0 aromatic heterocycles. The van der Waals surface area contributed by atoms with Crippen LogP contribution < -0.4 is 11.1 Å². The molecule has 1 amide bonds. The number of nitrogens with two attached hydrogens (primary N) is 1. The maximum Gasteiger partial charge on any atom is 0.416 e. The normalized spacial score (nSPS) is 17.4. The number of halogens is 4. The first kappa shape index (κ1) is 13.2. The summed E-state index contributed by atoms with van der Waals surface area (Å²) >= 11 is 5.69. The summed E-state index contributed by atoms with van der Waals surface area (Å²) in [5.74, 6) is -0.427. The van der Waals surface area contributed by atoms with E-state index in [1.54, 1.807) is 0 Å². The van der Waals surface area contributed by atoms with E-state index in [9.17, 15) is 18.0 Å². The van der Waals surface area contributed by atoms with E-state index in [1.165, 1.54) is 0 Å². The van der Waals surface area contributed by atoms with Crippen molar-refractivity contribution in [1.82, 2.24) is 0 Å². The summed E-state index contributed by atoms with van der Waals surface area (Å²) in [4.78, 5) is 11.6. The summed E-state index contributed by atoms with van der Waals surface area (Å²) in [6.45, 7) is 0. The van der Waals surface area contributed by atoms with E-state index in [2.05, 4.69) is 5.32 Å². The van der Waals surface area contributed by atoms with Crippen LogP contribution in [0, 0.1) is 0 Å². The quantitative estimate of drug-likeness (QED) is 0.874. The average Bonchev–Trinajstić information content (AvgIpc) is 2.99. The molecule has 3 N–H and O–H groups in total. The third-order valence-electron chi connectivity index (χ3n) is 2.79. The summed E-state index contributed by atoms with van der Waals surface area (Å²) in [5.41, 5.74) is 4.02. The van der Waals surface area contributed by atoms with Crippen molar-refractivity contribution in [3.63, 3.8) is 0 Å². The van der Waals surface area contributed by atoms with Gasteiger partial charge >= 0.3 is 6.18 Å². The molecule has 1 aliphatic rings. The number of carbonyl (C=O) groups is 1. The number of nitrogens with one attached hydrogen (secondary N) is 1. The molecule has 0 radical (unpaired) electrons. The van der Waals surface area contributed by atoms with Crippen LogP contribution in [-0.2, 0) is 11.0 Å². The van der Waals surface area contributed by atoms with E-state index < -0.39 is 23.2 Å². The van der Waals surface area contributed by atoms with Gasteiger partial charge in [-0.15, -0.1) is 0 Å². The number of hydrogen-bond acceptors (Lipinski definition) is 2. The van der Waals surface area contributed by atoms with Gasteiger partial charge in [0.2, 0.25) is 5.91 Å². The molecule has 0 atom stereocenters. The van der Waals surface area contributed by atoms with Gasteiger partial charge in [0.1, 0.15) is 0 Å². The van der Waals surface area contributed by atoms with Crippen LogP contribution in [0.5, 0.6) is 0 Å². The van der Waals surface area contributed by atoms with E-state index in [0.29, 0.717) is 12.8 Å². The van der Waals surface area contributed by atoms with Gasteiger partial charge in [-0.3, -0.25) is 4.79 Å². The second-order valence-electron chi connectivity index (χ2n) is 4.30. The van der Waals surface area contributed by atoms with Crippen molar-refractivity contribution >= 4 is 23.2 Å². The Morgan fingerprint density at radius 2 is 2.00 bits per heavy atom. The SMILES string of the molecule is NC1(C(=O)Nc2ccc(C(F)(F)F)cc2Cl)CC1. The minimum absolute atomic E-state index is 0.131. The molecule has 98 valence electrons. The van der Waals surface area contributed by atoms with Gasteiger partial charge in [0.25, 0.3) is 0 Å². The third kappa shape index (κ3) is 2.59. The Hall–Kier alpha value is -1.27. The molecule has 1 aromatic rings. The largest absolute Gasteiger partial charge is 0.416 e. The fraction of sp³-hybridized carbons (Fsp3) is 0.364. The summed E-state index contributed by atoms with van der Waals surface area (Å²) in [7, 11) is 0. The van der Waals surface area contributed by atoms with Crippen LogP contribution in [-0.4, -0.2) is 11.4 Å². The highest BCUT2D eigenvalue weighted by Gasteiger charge is 2.46. The van der Waals surface area contributed by atoms with Gasteiger partial charge < -0.3 is 11.1 Å². The standard InChI is InChI=1S/C11H10ClF3N2O/c12-7-5-6(11(13,14)15)1-2-8(7)17-9(18)10(16)3-4-10/h1-2,5H,3-4,16H2,(H,17,18). The Bertz CT molecular complexity index is 498. The lowest BCUT2D eigenvalue weighted by Gasteiger charge is -2.13. The molecule has 1 fully saturated rings. The second kappa shape index (κ2) is 4.13. The smallest absolute Gasteiger partial charge is 0.323 e. The molecule has 0 unspecified atom stereocenters. The zero-order chi connectivity index (χ0) is 13.6. The predicted octanol–water partition coefficient (Wildman–Crippen LogP) is 2.79. The van der Waals surface area contributed by atoms with Gasteiger partial charge in [-0.2, -0.15) is 13.2 Å². The van der Waals surface area contributed by atoms with Crippen molar-refractivity contribution in [2.75, 3.05) is 5.32 Å². The first-order valence-electron chi connectivity index (χ1n) is 5.19. The number of hydrogen-bond donors (Lipinski definition) is 2. The molecule has 1 aromatic carbocycles. The lowest BCUT2D eigenvalue weighted by Crippen LogP contribution is -2.37. The number of benzene rings is 1. The van der Waals surface area contributed by atoms with E-state index in [-0.39, 0.29) is 10.7 Å². The van der Waals surface area contributed by atoms with Crippen LogP contribution in [0.4, 0.5) is 18.9 Å². The van der Waals surface area contributed by atoms with Gasteiger partial charge in [0.15, 0.2) is 0 Å². The Morgan fingerprint density at radius 1 is 1.39 bits per heavy atom. The minimum atomic E-state index is -4.46. The van der Waals surface area contributed by atoms with E-state index in [1.807, 2.05) is 0 Å². The highest BCUT2D eigenvalue weighted by Crippen LogP contribution is 2.36. The summed E-state index contributed by atoms with van der Waals surface area (Å²) in [5, 5.41) is 2.26. The first-order chi connectivity index (χ1) is 8.22. The van der Waals surface area contributed by atoms with Crippen molar-refractivity contribution < 1.29 is 18.0 Å². The molecule has 1 aliphatic carbocycles. The zero-order valence-corrected chi connectivity index (χ0v) is 9.90. The maximum absolute atomic E-state index is 12.4. The lowest BCUT2D eigenvalue weighted by atomic mass is 10.2. The highest BCUT2D eigenvalue weighted by molar-refractivity contribution is 6.33. The average molecular weight is 279 g/mol. The van der Waals surface area contributed by atoms with Crippen LogP contribution >= 0.6 is 11.6 Å². The summed E-state index contributed by atoms with van der Waals surface area (Å²) in [6, 6.07) is 2.75. The molecule has 0 aliphatic heterocycles. The number of rotatable bonds is 2. The van der Waals surface area contributed by atoms with E-state index in [0.717, 1.165) is 18.2 Å². The number of alkyl halides is 3. The lowest BCUT2D eigenvalue weighted by molar-refractivity contribution is -0.137. The molecule has 0 spiro atoms. The topological polar surface area (TPSA) is 55.1 Å². The van der Waals surface area contributed by atoms with Crippen LogP contribution in [0.25, 0.3) is 0 Å². The van der Waals surface area contributed by atoms with Crippen molar-refractivity contribution in [3.05, 3.63) is 28.8 Å². The number of carbonyl (C=O) groups excluding carboxylic acids is 1. The second-order valence-corrected chi connectivity index (χ2v) is 4.71. The minimum Gasteiger partial charge on any atom is -0.323 e. The summed E-state index contributed by atoms with van der Waals surface area (Å²) in [6.07, 6.45) is -3.33. The van der Waals surface area contributed by atoms with Crippen LogP contribution in [0.3, 0.4) is 0 Å². The first-order valence-corrected chi connectivity index (χ1v) is 5.57. The zero-order valence-electron chi connectivity index (χ0n) is 9.14. The Labute approximate surface area is 106 Å². The third-order valence-corrected chi connectivity index (χ3v) is 3.10. The monoisotopic (exact) mass is 278 g/mol. The molecule has 7 heteroatoms. The molecule has 0 saturated heterocycles. The molecule has 18 heavy (non-hydrogen) atoms. The molecule has 1 saturated carbocycles. The van der Waals surface area contributed by atoms with Crippen molar-refractivity contribution in [2.24, 2.45) is 5.73 Å². The molecule has 2 rings (SSSR count). The van der Waals surface area contributed by atoms with Crippen LogP contribution in [0.15, 0.2) is 18.2 Å².